The van der Waals surface area contributed by atoms with Gasteiger partial charge in [-0.3, -0.25) is 24.2 Å². The lowest BCUT2D eigenvalue weighted by molar-refractivity contribution is -0.143. The molecule has 37 heavy (non-hydrogen) atoms. The molecule has 4 atom stereocenters. The average Bonchev–Trinajstić information content (AvgIpc) is 2.83. The quantitative estimate of drug-likeness (QED) is 0.0585. The van der Waals surface area contributed by atoms with E-state index in [1.54, 1.807) is 30.3 Å². The summed E-state index contributed by atoms with van der Waals surface area (Å²) in [6, 6.07) is 2.99. The van der Waals surface area contributed by atoms with Gasteiger partial charge in [0.1, 0.15) is 18.1 Å². The first-order valence-corrected chi connectivity index (χ1v) is 11.3. The highest BCUT2D eigenvalue weighted by Crippen LogP contribution is 2.07. The second-order valence-corrected chi connectivity index (χ2v) is 8.05. The van der Waals surface area contributed by atoms with Gasteiger partial charge >= 0.3 is 11.9 Å². The standard InChI is InChI=1S/C22H33N7O8/c23-13(10-17(31)32)18(33)28-15(9-12-5-2-1-3-6-12)20(35)27-14(7-4-8-26-22(24)25)19(34)29-16(11-30)21(36)37/h1-3,5-6,13-16,30H,4,7-11,23H2,(H,27,35)(H,28,33)(H,29,34)(H,31,32)(H,36,37)(H4,24,25,26). The normalized spacial score (nSPS) is 13.8. The average molecular weight is 524 g/mol. The molecule has 204 valence electrons. The number of rotatable bonds is 16. The van der Waals surface area contributed by atoms with Crippen molar-refractivity contribution < 1.29 is 39.3 Å². The molecule has 1 aromatic carbocycles. The zero-order valence-corrected chi connectivity index (χ0v) is 20.0. The number of carboxylic acids is 2. The Balaban J connectivity index is 3.11. The monoisotopic (exact) mass is 523 g/mol. The summed E-state index contributed by atoms with van der Waals surface area (Å²) >= 11 is 0. The van der Waals surface area contributed by atoms with Crippen molar-refractivity contribution in [3.8, 4) is 0 Å². The Morgan fingerprint density at radius 2 is 1.43 bits per heavy atom. The zero-order valence-electron chi connectivity index (χ0n) is 20.0. The van der Waals surface area contributed by atoms with E-state index in [4.69, 9.17) is 27.4 Å². The first-order valence-electron chi connectivity index (χ1n) is 11.3. The minimum absolute atomic E-state index is 0.0172. The number of aliphatic hydroxyl groups is 1. The summed E-state index contributed by atoms with van der Waals surface area (Å²) < 4.78 is 0. The number of hydrogen-bond donors (Lipinski definition) is 9. The number of amides is 3. The highest BCUT2D eigenvalue weighted by atomic mass is 16.4. The van der Waals surface area contributed by atoms with Crippen LogP contribution in [0.2, 0.25) is 0 Å². The zero-order chi connectivity index (χ0) is 28.0. The van der Waals surface area contributed by atoms with Gasteiger partial charge < -0.3 is 48.5 Å². The van der Waals surface area contributed by atoms with E-state index in [9.17, 15) is 29.1 Å². The molecule has 0 radical (unpaired) electrons. The van der Waals surface area contributed by atoms with E-state index in [-0.39, 0.29) is 31.8 Å². The van der Waals surface area contributed by atoms with Crippen LogP contribution in [0.3, 0.4) is 0 Å². The van der Waals surface area contributed by atoms with Crippen molar-refractivity contribution in [3.05, 3.63) is 35.9 Å². The van der Waals surface area contributed by atoms with E-state index in [1.165, 1.54) is 0 Å². The van der Waals surface area contributed by atoms with Crippen molar-refractivity contribution in [2.75, 3.05) is 13.2 Å². The highest BCUT2D eigenvalue weighted by molar-refractivity contribution is 5.94. The molecule has 0 saturated heterocycles. The molecule has 0 bridgehead atoms. The molecule has 1 rings (SSSR count). The lowest BCUT2D eigenvalue weighted by Gasteiger charge is -2.25. The molecular weight excluding hydrogens is 490 g/mol. The SMILES string of the molecule is NC(N)=NCCCC(NC(=O)C(Cc1ccccc1)NC(=O)C(N)CC(=O)O)C(=O)NC(CO)C(=O)O. The maximum absolute atomic E-state index is 13.2. The van der Waals surface area contributed by atoms with Crippen LogP contribution in [0.1, 0.15) is 24.8 Å². The van der Waals surface area contributed by atoms with Gasteiger partial charge in [-0.2, -0.15) is 0 Å². The molecule has 0 saturated carbocycles. The third-order valence-corrected chi connectivity index (χ3v) is 5.02. The number of aliphatic imine (C=N–C) groups is 1. The number of aliphatic hydroxyl groups excluding tert-OH is 1. The summed E-state index contributed by atoms with van der Waals surface area (Å²) in [5.41, 5.74) is 16.8. The topological polar surface area (TPSA) is 273 Å². The Hall–Kier alpha value is -4.24. The van der Waals surface area contributed by atoms with Gasteiger partial charge in [-0.05, 0) is 18.4 Å². The van der Waals surface area contributed by atoms with Gasteiger partial charge in [-0.1, -0.05) is 30.3 Å². The Morgan fingerprint density at radius 3 is 1.97 bits per heavy atom. The largest absolute Gasteiger partial charge is 0.481 e. The molecule has 0 aliphatic heterocycles. The Bertz CT molecular complexity index is 969. The van der Waals surface area contributed by atoms with Gasteiger partial charge in [0.25, 0.3) is 0 Å². The smallest absolute Gasteiger partial charge is 0.328 e. The fraction of sp³-hybridized carbons (Fsp3) is 0.455. The summed E-state index contributed by atoms with van der Waals surface area (Å²) in [7, 11) is 0. The lowest BCUT2D eigenvalue weighted by atomic mass is 10.0. The van der Waals surface area contributed by atoms with E-state index in [2.05, 4.69) is 20.9 Å². The van der Waals surface area contributed by atoms with Gasteiger partial charge in [0, 0.05) is 13.0 Å². The van der Waals surface area contributed by atoms with Gasteiger partial charge in [-0.15, -0.1) is 0 Å². The van der Waals surface area contributed by atoms with Gasteiger partial charge in [0.05, 0.1) is 19.1 Å². The Labute approximate surface area is 212 Å². The maximum atomic E-state index is 13.2. The van der Waals surface area contributed by atoms with E-state index >= 15 is 0 Å². The summed E-state index contributed by atoms with van der Waals surface area (Å²) in [4.78, 5) is 64.3. The van der Waals surface area contributed by atoms with Crippen LogP contribution in [-0.2, 0) is 30.4 Å². The molecule has 0 fully saturated rings. The maximum Gasteiger partial charge on any atom is 0.328 e. The number of guanidine groups is 1. The molecule has 15 heteroatoms. The van der Waals surface area contributed by atoms with Crippen molar-refractivity contribution in [2.45, 2.75) is 49.9 Å². The van der Waals surface area contributed by atoms with Crippen LogP contribution >= 0.6 is 0 Å². The molecule has 15 nitrogen and oxygen atoms in total. The second-order valence-electron chi connectivity index (χ2n) is 8.05. The van der Waals surface area contributed by atoms with Crippen molar-refractivity contribution in [1.82, 2.24) is 16.0 Å². The number of nitrogens with zero attached hydrogens (tertiary/aromatic N) is 1. The minimum atomic E-state index is -1.61. The third-order valence-electron chi connectivity index (χ3n) is 5.02. The molecule has 1 aromatic rings. The van der Waals surface area contributed by atoms with Gasteiger partial charge in [-0.25, -0.2) is 4.79 Å². The third kappa shape index (κ3) is 11.8. The number of aliphatic carboxylic acids is 2. The summed E-state index contributed by atoms with van der Waals surface area (Å²) in [5, 5.41) is 34.2. The molecule has 0 aliphatic carbocycles. The van der Waals surface area contributed by atoms with Crippen LogP contribution in [-0.4, -0.2) is 88.3 Å². The van der Waals surface area contributed by atoms with Gasteiger partial charge in [0.2, 0.25) is 17.7 Å². The highest BCUT2D eigenvalue weighted by Gasteiger charge is 2.30. The molecule has 12 N–H and O–H groups in total. The van der Waals surface area contributed by atoms with Crippen molar-refractivity contribution in [3.63, 3.8) is 0 Å². The number of nitrogens with two attached hydrogens (primary N) is 3. The van der Waals surface area contributed by atoms with E-state index in [0.29, 0.717) is 5.56 Å². The predicted molar refractivity (Wildman–Crippen MR) is 131 cm³/mol. The molecule has 0 aliphatic rings. The first-order chi connectivity index (χ1) is 17.4. The fourth-order valence-electron chi connectivity index (χ4n) is 3.12. The summed E-state index contributed by atoms with van der Waals surface area (Å²) in [6.45, 7) is -0.775. The Kier molecular flexibility index (Phi) is 13.1. The second kappa shape index (κ2) is 15.7. The van der Waals surface area contributed by atoms with Gasteiger partial charge in [0.15, 0.2) is 5.96 Å². The predicted octanol–water partition coefficient (Wildman–Crippen LogP) is -3.38. The van der Waals surface area contributed by atoms with Crippen molar-refractivity contribution in [2.24, 2.45) is 22.2 Å². The van der Waals surface area contributed by atoms with Crippen LogP contribution < -0.4 is 33.2 Å². The van der Waals surface area contributed by atoms with Crippen LogP contribution in [0.15, 0.2) is 35.3 Å². The van der Waals surface area contributed by atoms with Crippen LogP contribution in [0, 0.1) is 0 Å². The molecule has 0 aromatic heterocycles. The number of nitrogens with one attached hydrogen (secondary N) is 3. The molecule has 0 heterocycles. The molecule has 3 amide bonds. The molecule has 0 spiro atoms. The van der Waals surface area contributed by atoms with E-state index in [1.807, 2.05) is 0 Å². The van der Waals surface area contributed by atoms with E-state index < -0.39 is 66.9 Å². The Morgan fingerprint density at radius 1 is 0.865 bits per heavy atom. The van der Waals surface area contributed by atoms with Crippen LogP contribution in [0.5, 0.6) is 0 Å². The number of hydrogen-bond acceptors (Lipinski definition) is 8. The lowest BCUT2D eigenvalue weighted by Crippen LogP contribution is -2.58. The number of benzene rings is 1. The number of carbonyl (C=O) groups excluding carboxylic acids is 3. The van der Waals surface area contributed by atoms with Crippen LogP contribution in [0.25, 0.3) is 0 Å². The van der Waals surface area contributed by atoms with Crippen LogP contribution in [0.4, 0.5) is 0 Å². The summed E-state index contributed by atoms with van der Waals surface area (Å²) in [6.07, 6.45) is -0.489. The fourth-order valence-corrected chi connectivity index (χ4v) is 3.12. The van der Waals surface area contributed by atoms with Crippen molar-refractivity contribution >= 4 is 35.6 Å². The van der Waals surface area contributed by atoms with E-state index in [0.717, 1.165) is 0 Å². The number of carbonyl (C=O) groups is 5. The van der Waals surface area contributed by atoms with Crippen molar-refractivity contribution in [1.29, 1.82) is 0 Å². The number of carboxylic acid groups (broad SMARTS) is 2. The minimum Gasteiger partial charge on any atom is -0.481 e. The molecular formula is C22H33N7O8. The molecule has 4 unspecified atom stereocenters. The summed E-state index contributed by atoms with van der Waals surface area (Å²) in [5.74, 6) is -5.56. The first kappa shape index (κ1) is 30.8.